The maximum absolute atomic E-state index is 12.0. The van der Waals surface area contributed by atoms with Crippen molar-refractivity contribution < 1.29 is 57.4 Å². The lowest BCUT2D eigenvalue weighted by Crippen LogP contribution is -2.40. The van der Waals surface area contributed by atoms with E-state index in [1.165, 1.54) is 33.4 Å². The number of fused-ring (bicyclic) bond motifs is 1. The lowest BCUT2D eigenvalue weighted by atomic mass is 9.80. The third kappa shape index (κ3) is 10.0. The first-order chi connectivity index (χ1) is 28.5. The number of aliphatic hydroxyl groups excluding tert-OH is 1. The highest BCUT2D eigenvalue weighted by Crippen LogP contribution is 2.43. The van der Waals surface area contributed by atoms with Crippen molar-refractivity contribution >= 4 is 34.8 Å². The standard InChI is InChI=1S/C42H47N5O12/c1-26(48)46-39-36-40(44-23-43-39)47(24-45-36)41-38(56-25-54-20-19-34(58-28(3)50)21-55-27(2)49)37(51)35(59-41)22-57-42(29-9-7-6-8-10-29,30-11-15-32(52-4)16-12-30)31-13-17-33(53-5)18-14-31/h6-18,23-24,34-35,37-38,41,51H,19-22,25H2,1-5H3,(H,43,44,46,48)/t34?,35-,37?,38+,41-/m1/s1. The third-order valence-corrected chi connectivity index (χ3v) is 9.61. The van der Waals surface area contributed by atoms with Crippen molar-refractivity contribution in [3.63, 3.8) is 0 Å². The Bertz CT molecular complexity index is 2120. The highest BCUT2D eigenvalue weighted by Gasteiger charge is 2.48. The van der Waals surface area contributed by atoms with Gasteiger partial charge in [0.05, 0.1) is 33.8 Å². The van der Waals surface area contributed by atoms with Gasteiger partial charge in [0.25, 0.3) is 0 Å². The van der Waals surface area contributed by atoms with Crippen LogP contribution in [0.4, 0.5) is 5.82 Å². The van der Waals surface area contributed by atoms with Gasteiger partial charge in [-0.25, -0.2) is 15.0 Å². The zero-order valence-corrected chi connectivity index (χ0v) is 33.3. The van der Waals surface area contributed by atoms with Crippen molar-refractivity contribution in [3.05, 3.63) is 108 Å². The van der Waals surface area contributed by atoms with Gasteiger partial charge in [0.2, 0.25) is 5.91 Å². The molecule has 5 aromatic rings. The largest absolute Gasteiger partial charge is 0.497 e. The molecule has 0 spiro atoms. The number of hydrogen-bond acceptors (Lipinski definition) is 15. The number of anilines is 1. The molecule has 6 rings (SSSR count). The number of esters is 2. The lowest BCUT2D eigenvalue weighted by Gasteiger charge is -2.37. The van der Waals surface area contributed by atoms with Gasteiger partial charge in [-0.1, -0.05) is 54.6 Å². The molecule has 5 atom stereocenters. The number of aliphatic hydroxyl groups is 1. The van der Waals surface area contributed by atoms with E-state index >= 15 is 0 Å². The summed E-state index contributed by atoms with van der Waals surface area (Å²) >= 11 is 0. The molecule has 1 aliphatic heterocycles. The highest BCUT2D eigenvalue weighted by molar-refractivity contribution is 5.95. The summed E-state index contributed by atoms with van der Waals surface area (Å²) < 4.78 is 48.4. The summed E-state index contributed by atoms with van der Waals surface area (Å²) in [6.07, 6.45) is -2.12. The van der Waals surface area contributed by atoms with E-state index in [-0.39, 0.29) is 44.8 Å². The Morgan fingerprint density at radius 3 is 2.10 bits per heavy atom. The second kappa shape index (κ2) is 19.6. The zero-order chi connectivity index (χ0) is 41.9. The molecule has 0 saturated carbocycles. The zero-order valence-electron chi connectivity index (χ0n) is 33.3. The fourth-order valence-corrected chi connectivity index (χ4v) is 6.86. The summed E-state index contributed by atoms with van der Waals surface area (Å²) in [6, 6.07) is 24.8. The van der Waals surface area contributed by atoms with Gasteiger partial charge < -0.3 is 48.3 Å². The van der Waals surface area contributed by atoms with E-state index in [0.717, 1.165) is 16.7 Å². The summed E-state index contributed by atoms with van der Waals surface area (Å²) in [5, 5.41) is 14.7. The van der Waals surface area contributed by atoms with Gasteiger partial charge in [0.15, 0.2) is 23.2 Å². The number of carbonyl (C=O) groups is 3. The number of methoxy groups -OCH3 is 2. The van der Waals surface area contributed by atoms with Crippen LogP contribution in [0.2, 0.25) is 0 Å². The smallest absolute Gasteiger partial charge is 0.303 e. The molecule has 312 valence electrons. The lowest BCUT2D eigenvalue weighted by molar-refractivity contribution is -0.160. The van der Waals surface area contributed by atoms with Crippen LogP contribution in [0.3, 0.4) is 0 Å². The Morgan fingerprint density at radius 1 is 0.864 bits per heavy atom. The monoisotopic (exact) mass is 813 g/mol. The molecule has 1 fully saturated rings. The number of benzene rings is 3. The second-order valence-electron chi connectivity index (χ2n) is 13.6. The van der Waals surface area contributed by atoms with E-state index in [4.69, 9.17) is 37.9 Å². The summed E-state index contributed by atoms with van der Waals surface area (Å²) in [4.78, 5) is 48.0. The Morgan fingerprint density at radius 2 is 1.51 bits per heavy atom. The van der Waals surface area contributed by atoms with Crippen LogP contribution in [-0.2, 0) is 48.4 Å². The summed E-state index contributed by atoms with van der Waals surface area (Å²) in [5.74, 6) is 0.129. The van der Waals surface area contributed by atoms with Gasteiger partial charge in [0.1, 0.15) is 61.2 Å². The molecule has 0 bridgehead atoms. The van der Waals surface area contributed by atoms with Crippen molar-refractivity contribution in [1.29, 1.82) is 0 Å². The van der Waals surface area contributed by atoms with E-state index in [0.29, 0.717) is 22.7 Å². The predicted molar refractivity (Wildman–Crippen MR) is 210 cm³/mol. The fraction of sp³-hybridized carbons (Fsp3) is 0.381. The van der Waals surface area contributed by atoms with Crippen molar-refractivity contribution in [1.82, 2.24) is 19.5 Å². The van der Waals surface area contributed by atoms with Crippen LogP contribution in [0, 0.1) is 0 Å². The average molecular weight is 814 g/mol. The molecule has 17 heteroatoms. The summed E-state index contributed by atoms with van der Waals surface area (Å²) in [5.41, 5.74) is 1.76. The third-order valence-electron chi connectivity index (χ3n) is 9.61. The second-order valence-corrected chi connectivity index (χ2v) is 13.6. The molecule has 2 N–H and O–H groups in total. The van der Waals surface area contributed by atoms with Gasteiger partial charge in [0, 0.05) is 27.2 Å². The van der Waals surface area contributed by atoms with Crippen molar-refractivity contribution in [2.75, 3.05) is 46.1 Å². The van der Waals surface area contributed by atoms with Crippen molar-refractivity contribution in [2.45, 2.75) is 63.4 Å². The number of ether oxygens (including phenoxy) is 8. The van der Waals surface area contributed by atoms with Crippen LogP contribution in [-0.4, -0.2) is 108 Å². The van der Waals surface area contributed by atoms with E-state index < -0.39 is 48.2 Å². The molecule has 3 heterocycles. The SMILES string of the molecule is COc1ccc(C(OC[C@H]2O[C@@H](n3cnc4c(NC(C)=O)ncnc43)[C@@H](OCOCCC(COC(C)=O)OC(C)=O)C2O)(c2ccccc2)c2ccc(OC)cc2)cc1. The minimum absolute atomic E-state index is 0.0602. The van der Waals surface area contributed by atoms with Crippen molar-refractivity contribution in [3.8, 4) is 11.5 Å². The van der Waals surface area contributed by atoms with Crippen LogP contribution >= 0.6 is 0 Å². The van der Waals surface area contributed by atoms with E-state index in [9.17, 15) is 19.5 Å². The molecule has 59 heavy (non-hydrogen) atoms. The number of nitrogens with one attached hydrogen (secondary N) is 1. The Labute approximate surface area is 340 Å². The number of carbonyl (C=O) groups excluding carboxylic acids is 3. The molecule has 0 radical (unpaired) electrons. The number of rotatable bonds is 19. The van der Waals surface area contributed by atoms with Gasteiger partial charge in [-0.3, -0.25) is 19.0 Å². The topological polar surface area (TPSA) is 201 Å². The van der Waals surface area contributed by atoms with Crippen LogP contribution < -0.4 is 14.8 Å². The molecular formula is C42H47N5O12. The van der Waals surface area contributed by atoms with Gasteiger partial charge in [-0.2, -0.15) is 0 Å². The van der Waals surface area contributed by atoms with Crippen LogP contribution in [0.15, 0.2) is 91.5 Å². The minimum atomic E-state index is -1.28. The van der Waals surface area contributed by atoms with Crippen molar-refractivity contribution in [2.24, 2.45) is 0 Å². The number of amides is 1. The maximum atomic E-state index is 12.0. The fourth-order valence-electron chi connectivity index (χ4n) is 6.86. The van der Waals surface area contributed by atoms with Gasteiger partial charge in [-0.05, 0) is 41.0 Å². The Balaban J connectivity index is 1.31. The first-order valence-electron chi connectivity index (χ1n) is 18.8. The summed E-state index contributed by atoms with van der Waals surface area (Å²) in [6.45, 7) is 3.36. The van der Waals surface area contributed by atoms with Crippen LogP contribution in [0.5, 0.6) is 11.5 Å². The van der Waals surface area contributed by atoms with E-state index in [1.807, 2.05) is 78.9 Å². The van der Waals surface area contributed by atoms with Gasteiger partial charge in [-0.15, -0.1) is 0 Å². The number of imidazole rings is 1. The highest BCUT2D eigenvalue weighted by atomic mass is 16.7. The summed E-state index contributed by atoms with van der Waals surface area (Å²) in [7, 11) is 3.19. The number of nitrogens with zero attached hydrogens (tertiary/aromatic N) is 4. The number of hydrogen-bond donors (Lipinski definition) is 2. The first kappa shape index (κ1) is 42.6. The molecule has 1 saturated heterocycles. The Kier molecular flexibility index (Phi) is 14.2. The normalized spacial score (nSPS) is 18.3. The Hall–Kier alpha value is -5.98. The van der Waals surface area contributed by atoms with Gasteiger partial charge >= 0.3 is 11.9 Å². The van der Waals surface area contributed by atoms with Crippen LogP contribution in [0.1, 0.15) is 50.1 Å². The van der Waals surface area contributed by atoms with E-state index in [2.05, 4.69) is 20.3 Å². The first-order valence-corrected chi connectivity index (χ1v) is 18.8. The molecule has 2 unspecified atom stereocenters. The van der Waals surface area contributed by atoms with Crippen LogP contribution in [0.25, 0.3) is 11.2 Å². The molecule has 17 nitrogen and oxygen atoms in total. The minimum Gasteiger partial charge on any atom is -0.497 e. The molecule has 3 aromatic carbocycles. The predicted octanol–water partition coefficient (Wildman–Crippen LogP) is 4.31. The maximum Gasteiger partial charge on any atom is 0.303 e. The molecule has 2 aromatic heterocycles. The number of aromatic nitrogens is 4. The molecule has 0 aliphatic carbocycles. The molecular weight excluding hydrogens is 766 g/mol. The molecule has 1 aliphatic rings. The quantitative estimate of drug-likeness (QED) is 0.0517. The molecule has 1 amide bonds. The average Bonchev–Trinajstić information content (AvgIpc) is 3.81. The van der Waals surface area contributed by atoms with E-state index in [1.54, 1.807) is 18.8 Å².